The van der Waals surface area contributed by atoms with Crippen molar-refractivity contribution < 1.29 is 13.2 Å². The Bertz CT molecular complexity index is 868. The predicted octanol–water partition coefficient (Wildman–Crippen LogP) is 2.66. The van der Waals surface area contributed by atoms with Gasteiger partial charge in [0.25, 0.3) is 0 Å². The Hall–Kier alpha value is -1.93. The number of benzene rings is 2. The minimum absolute atomic E-state index is 0.179. The van der Waals surface area contributed by atoms with Crippen LogP contribution < -0.4 is 5.32 Å². The first-order valence-corrected chi connectivity index (χ1v) is 9.76. The zero-order valence-electron chi connectivity index (χ0n) is 14.9. The maximum Gasteiger partial charge on any atom is 0.242 e. The summed E-state index contributed by atoms with van der Waals surface area (Å²) in [6.45, 7) is 0.790. The number of sulfonamides is 1. The van der Waals surface area contributed by atoms with Crippen molar-refractivity contribution in [2.24, 2.45) is 0 Å². The molecule has 2 aromatic rings. The smallest absolute Gasteiger partial charge is 0.242 e. The molecule has 0 aliphatic carbocycles. The zero-order chi connectivity index (χ0) is 19.3. The third-order valence-electron chi connectivity index (χ3n) is 3.67. The van der Waals surface area contributed by atoms with Gasteiger partial charge in [-0.15, -0.1) is 0 Å². The van der Waals surface area contributed by atoms with Crippen molar-refractivity contribution in [1.82, 2.24) is 9.21 Å². The van der Waals surface area contributed by atoms with Crippen LogP contribution in [-0.4, -0.2) is 51.2 Å². The Morgan fingerprint density at radius 1 is 1.08 bits per heavy atom. The molecule has 0 radical (unpaired) electrons. The number of hydrogen-bond acceptors (Lipinski definition) is 4. The topological polar surface area (TPSA) is 69.7 Å². The molecule has 2 aromatic carbocycles. The summed E-state index contributed by atoms with van der Waals surface area (Å²) in [5.41, 5.74) is 1.56. The molecule has 6 nitrogen and oxygen atoms in total. The molecule has 0 saturated heterocycles. The first-order chi connectivity index (χ1) is 12.2. The summed E-state index contributed by atoms with van der Waals surface area (Å²) >= 11 is 5.96. The van der Waals surface area contributed by atoms with Crippen molar-refractivity contribution in [1.29, 1.82) is 0 Å². The van der Waals surface area contributed by atoms with E-state index in [2.05, 4.69) is 5.32 Å². The lowest BCUT2D eigenvalue weighted by atomic mass is 10.2. The Morgan fingerprint density at radius 3 is 2.31 bits per heavy atom. The van der Waals surface area contributed by atoms with Gasteiger partial charge in [0, 0.05) is 31.4 Å². The van der Waals surface area contributed by atoms with Gasteiger partial charge in [0.15, 0.2) is 0 Å². The van der Waals surface area contributed by atoms with E-state index in [1.54, 1.807) is 18.2 Å². The fourth-order valence-corrected chi connectivity index (χ4v) is 3.48. The number of halogens is 1. The number of carbonyl (C=O) groups is 1. The molecule has 1 N–H and O–H groups in total. The maximum absolute atomic E-state index is 12.2. The van der Waals surface area contributed by atoms with Crippen molar-refractivity contribution in [3.63, 3.8) is 0 Å². The molecule has 0 unspecified atom stereocenters. The molecule has 0 aromatic heterocycles. The van der Waals surface area contributed by atoms with Crippen molar-refractivity contribution in [2.45, 2.75) is 11.4 Å². The molecule has 0 aliphatic heterocycles. The molecule has 2 rings (SSSR count). The fourth-order valence-electron chi connectivity index (χ4n) is 2.37. The second-order valence-corrected chi connectivity index (χ2v) is 8.75. The highest BCUT2D eigenvalue weighted by Crippen LogP contribution is 2.17. The Balaban J connectivity index is 1.93. The van der Waals surface area contributed by atoms with Gasteiger partial charge in [-0.1, -0.05) is 23.7 Å². The van der Waals surface area contributed by atoms with E-state index in [4.69, 9.17) is 11.6 Å². The maximum atomic E-state index is 12.2. The number of nitrogens with zero attached hydrogens (tertiary/aromatic N) is 2. The summed E-state index contributed by atoms with van der Waals surface area (Å²) < 4.78 is 25.2. The predicted molar refractivity (Wildman–Crippen MR) is 104 cm³/mol. The van der Waals surface area contributed by atoms with E-state index in [0.29, 0.717) is 17.3 Å². The number of anilines is 1. The van der Waals surface area contributed by atoms with Crippen LogP contribution in [0.2, 0.25) is 5.02 Å². The quantitative estimate of drug-likeness (QED) is 0.782. The highest BCUT2D eigenvalue weighted by atomic mass is 35.5. The van der Waals surface area contributed by atoms with Gasteiger partial charge in [-0.25, -0.2) is 12.7 Å². The molecule has 0 bridgehead atoms. The Labute approximate surface area is 159 Å². The molecule has 1 amide bonds. The second kappa shape index (κ2) is 8.64. The first-order valence-electron chi connectivity index (χ1n) is 7.94. The van der Waals surface area contributed by atoms with E-state index in [1.165, 1.54) is 26.2 Å². The van der Waals surface area contributed by atoms with E-state index in [9.17, 15) is 13.2 Å². The lowest BCUT2D eigenvalue weighted by molar-refractivity contribution is -0.117. The zero-order valence-corrected chi connectivity index (χ0v) is 16.5. The van der Waals surface area contributed by atoms with Gasteiger partial charge >= 0.3 is 0 Å². The van der Waals surface area contributed by atoms with Crippen molar-refractivity contribution >= 4 is 33.2 Å². The molecule has 0 aliphatic rings. The minimum atomic E-state index is -3.48. The number of amides is 1. The van der Waals surface area contributed by atoms with Gasteiger partial charge in [0.2, 0.25) is 15.9 Å². The highest BCUT2D eigenvalue weighted by molar-refractivity contribution is 7.89. The SMILES string of the molecule is CN(CC(=O)Nc1ccc(S(=O)(=O)N(C)C)cc1)Cc1cccc(Cl)c1. The summed E-state index contributed by atoms with van der Waals surface area (Å²) in [5.74, 6) is -0.183. The van der Waals surface area contributed by atoms with Crippen LogP contribution in [0.5, 0.6) is 0 Å². The molecule has 0 spiro atoms. The van der Waals surface area contributed by atoms with Gasteiger partial charge in [-0.3, -0.25) is 9.69 Å². The third-order valence-corrected chi connectivity index (χ3v) is 5.74. The number of likely N-dealkylation sites (N-methyl/N-ethyl adjacent to an activating group) is 1. The molecular weight excluding hydrogens is 374 g/mol. The van der Waals surface area contributed by atoms with Crippen LogP contribution in [0.25, 0.3) is 0 Å². The molecule has 0 fully saturated rings. The highest BCUT2D eigenvalue weighted by Gasteiger charge is 2.17. The van der Waals surface area contributed by atoms with Gasteiger partial charge in [0.1, 0.15) is 0 Å². The number of rotatable bonds is 7. The monoisotopic (exact) mass is 395 g/mol. The normalized spacial score (nSPS) is 11.8. The van der Waals surface area contributed by atoms with Crippen LogP contribution in [-0.2, 0) is 21.4 Å². The van der Waals surface area contributed by atoms with Crippen molar-refractivity contribution in [2.75, 3.05) is 33.0 Å². The third kappa shape index (κ3) is 5.54. The number of carbonyl (C=O) groups excluding carboxylic acids is 1. The fraction of sp³-hybridized carbons (Fsp3) is 0.278. The van der Waals surface area contributed by atoms with E-state index < -0.39 is 10.0 Å². The minimum Gasteiger partial charge on any atom is -0.325 e. The summed E-state index contributed by atoms with van der Waals surface area (Å²) in [6.07, 6.45) is 0. The first kappa shape index (κ1) is 20.4. The largest absolute Gasteiger partial charge is 0.325 e. The van der Waals surface area contributed by atoms with Crippen LogP contribution in [0.1, 0.15) is 5.56 Å². The molecule has 0 heterocycles. The van der Waals surface area contributed by atoms with E-state index in [1.807, 2.05) is 30.1 Å². The van der Waals surface area contributed by atoms with E-state index in [0.717, 1.165) is 9.87 Å². The van der Waals surface area contributed by atoms with Crippen LogP contribution in [0.15, 0.2) is 53.4 Å². The van der Waals surface area contributed by atoms with Gasteiger partial charge < -0.3 is 5.32 Å². The molecule has 0 atom stereocenters. The van der Waals surface area contributed by atoms with Gasteiger partial charge in [-0.2, -0.15) is 0 Å². The van der Waals surface area contributed by atoms with E-state index in [-0.39, 0.29) is 17.3 Å². The molecule has 140 valence electrons. The van der Waals surface area contributed by atoms with Crippen LogP contribution in [0, 0.1) is 0 Å². The van der Waals surface area contributed by atoms with E-state index >= 15 is 0 Å². The standard InChI is InChI=1S/C18H22ClN3O3S/c1-21(2)26(24,25)17-9-7-16(8-10-17)20-18(23)13-22(3)12-14-5-4-6-15(19)11-14/h4-11H,12-13H2,1-3H3,(H,20,23). The molecule has 8 heteroatoms. The summed E-state index contributed by atoms with van der Waals surface area (Å²) in [6, 6.07) is 13.6. The average Bonchev–Trinajstić information content (AvgIpc) is 2.54. The number of hydrogen-bond donors (Lipinski definition) is 1. The summed E-state index contributed by atoms with van der Waals surface area (Å²) in [7, 11) is 1.31. The molecule has 26 heavy (non-hydrogen) atoms. The average molecular weight is 396 g/mol. The van der Waals surface area contributed by atoms with Crippen LogP contribution in [0.4, 0.5) is 5.69 Å². The Kier molecular flexibility index (Phi) is 6.77. The number of nitrogens with one attached hydrogen (secondary N) is 1. The van der Waals surface area contributed by atoms with Gasteiger partial charge in [-0.05, 0) is 49.0 Å². The summed E-state index contributed by atoms with van der Waals surface area (Å²) in [4.78, 5) is 14.2. The lowest BCUT2D eigenvalue weighted by Gasteiger charge is -2.17. The van der Waals surface area contributed by atoms with Crippen LogP contribution in [0.3, 0.4) is 0 Å². The Morgan fingerprint density at radius 2 is 1.73 bits per heavy atom. The van der Waals surface area contributed by atoms with Gasteiger partial charge in [0.05, 0.1) is 11.4 Å². The van der Waals surface area contributed by atoms with Crippen molar-refractivity contribution in [3.05, 3.63) is 59.1 Å². The second-order valence-electron chi connectivity index (χ2n) is 6.16. The molecular formula is C18H22ClN3O3S. The lowest BCUT2D eigenvalue weighted by Crippen LogP contribution is -2.29. The summed E-state index contributed by atoms with van der Waals surface area (Å²) in [5, 5.41) is 3.42. The molecule has 0 saturated carbocycles. The van der Waals surface area contributed by atoms with Crippen LogP contribution >= 0.6 is 11.6 Å². The van der Waals surface area contributed by atoms with Crippen molar-refractivity contribution in [3.8, 4) is 0 Å².